The molecule has 0 aromatic heterocycles. The summed E-state index contributed by atoms with van der Waals surface area (Å²) in [6.45, 7) is 3.47. The van der Waals surface area contributed by atoms with Gasteiger partial charge in [0, 0.05) is 29.1 Å². The summed E-state index contributed by atoms with van der Waals surface area (Å²) in [5.74, 6) is -5.74. The lowest BCUT2D eigenvalue weighted by Gasteiger charge is -2.48. The van der Waals surface area contributed by atoms with Gasteiger partial charge in [-0.25, -0.2) is 4.79 Å². The van der Waals surface area contributed by atoms with E-state index < -0.39 is 174 Å². The first-order valence-electron chi connectivity index (χ1n) is 21.1. The number of ether oxygens (including phenoxy) is 9. The number of benzene rings is 1. The molecule has 1 aliphatic carbocycles. The number of ketones is 1. The lowest BCUT2D eigenvalue weighted by atomic mass is 9.70. The van der Waals surface area contributed by atoms with Crippen LogP contribution in [0.3, 0.4) is 0 Å². The molecule has 0 bridgehead atoms. The van der Waals surface area contributed by atoms with E-state index in [1.807, 2.05) is 0 Å². The van der Waals surface area contributed by atoms with Crippen molar-refractivity contribution < 1.29 is 113 Å². The Morgan fingerprint density at radius 1 is 0.781 bits per heavy atom. The smallest absolute Gasteiger partial charge is 0.338 e. The summed E-state index contributed by atoms with van der Waals surface area (Å²) in [4.78, 5) is 27.3. The highest BCUT2D eigenvalue weighted by atomic mass is 32.2. The zero-order valence-corrected chi connectivity index (χ0v) is 35.6. The monoisotopic (exact) mass is 936 g/mol. The van der Waals surface area contributed by atoms with Crippen LogP contribution in [0, 0.1) is 11.8 Å². The molecule has 6 heterocycles. The molecule has 360 valence electrons. The van der Waals surface area contributed by atoms with Crippen molar-refractivity contribution in [3.8, 4) is 5.75 Å². The summed E-state index contributed by atoms with van der Waals surface area (Å²) in [6.07, 6.45) is -31.0. The Morgan fingerprint density at radius 3 is 2.08 bits per heavy atom. The number of carbonyl (C=O) groups excluding carboxylic acids is 2. The van der Waals surface area contributed by atoms with Gasteiger partial charge in [0.05, 0.1) is 54.2 Å². The van der Waals surface area contributed by atoms with Crippen LogP contribution >= 0.6 is 0 Å². The first-order chi connectivity index (χ1) is 30.2. The van der Waals surface area contributed by atoms with E-state index in [1.165, 1.54) is 38.1 Å². The molecule has 25 atom stereocenters. The van der Waals surface area contributed by atoms with Gasteiger partial charge in [0.25, 0.3) is 0 Å². The first-order valence-corrected chi connectivity index (χ1v) is 22.5. The molecule has 7 fully saturated rings. The third-order valence-corrected chi connectivity index (χ3v) is 15.5. The van der Waals surface area contributed by atoms with Crippen molar-refractivity contribution in [1.82, 2.24) is 0 Å². The van der Waals surface area contributed by atoms with Gasteiger partial charge in [-0.3, -0.25) is 9.00 Å². The van der Waals surface area contributed by atoms with E-state index in [2.05, 4.69) is 0 Å². The molecule has 23 nitrogen and oxygen atoms in total. The van der Waals surface area contributed by atoms with Gasteiger partial charge in [-0.05, 0) is 44.5 Å². The van der Waals surface area contributed by atoms with E-state index in [9.17, 15) is 70.0 Å². The quantitative estimate of drug-likeness (QED) is 0.103. The standard InChI is InChI=1S/C40H56O23S/c1-13-11-55-39(9-19(13)58-34(51)16-4-6-17(42)7-5-16)38(52)40(53)22(43)8-18-21(12-64(54)32(18)33(40)63-39)60-37-31(27(48)24(45)15(3)57-37)62-36-29(50)30(25(46)20(10-41)59-36)61-35-28(49)26(47)23(44)14(2)56-35/h4-7,13-15,18-33,35-37,41-50,53H,8-12H2,1-3H3/t13-,14+,15-,18-,19+,20-,21+,22+,23+,24-,25-,26-,27+,28-,29-,30+,31-,32+,33-,35+,36+,37+,39+,40-,64?/m1/s1. The molecule has 11 N–H and O–H groups in total. The van der Waals surface area contributed by atoms with Crippen LogP contribution < -0.4 is 0 Å². The van der Waals surface area contributed by atoms with Crippen LogP contribution in [-0.2, 0) is 58.2 Å². The van der Waals surface area contributed by atoms with E-state index in [1.54, 1.807) is 6.92 Å². The number of Topliss-reactive ketones (excluding diaryl/α,β-unsaturated/α-hetero) is 1. The van der Waals surface area contributed by atoms with Crippen molar-refractivity contribution in [2.24, 2.45) is 11.8 Å². The molecule has 6 saturated heterocycles. The highest BCUT2D eigenvalue weighted by Crippen LogP contribution is 2.53. The minimum Gasteiger partial charge on any atom is -0.508 e. The second-order valence-corrected chi connectivity index (χ2v) is 19.5. The van der Waals surface area contributed by atoms with E-state index >= 15 is 0 Å². The summed E-state index contributed by atoms with van der Waals surface area (Å²) in [6, 6.07) is 5.30. The summed E-state index contributed by atoms with van der Waals surface area (Å²) in [7, 11) is -1.94. The van der Waals surface area contributed by atoms with Gasteiger partial charge in [-0.15, -0.1) is 0 Å². The molecule has 1 unspecified atom stereocenters. The van der Waals surface area contributed by atoms with Crippen LogP contribution in [0.5, 0.6) is 5.75 Å². The Labute approximate surface area is 367 Å². The minimum atomic E-state index is -2.62. The average Bonchev–Trinajstić information content (AvgIpc) is 3.68. The molecule has 24 heteroatoms. The van der Waals surface area contributed by atoms with Gasteiger partial charge in [0.2, 0.25) is 11.6 Å². The third-order valence-electron chi connectivity index (χ3n) is 13.6. The zero-order chi connectivity index (χ0) is 46.3. The topological polar surface area (TPSA) is 357 Å². The molecular formula is C40H56O23S. The van der Waals surface area contributed by atoms with Crippen molar-refractivity contribution in [2.75, 3.05) is 19.0 Å². The number of hydrogen-bond donors (Lipinski definition) is 11. The van der Waals surface area contributed by atoms with Crippen molar-refractivity contribution in [3.05, 3.63) is 29.8 Å². The lowest BCUT2D eigenvalue weighted by molar-refractivity contribution is -0.386. The Kier molecular flexibility index (Phi) is 13.7. The number of aliphatic hydroxyl groups is 10. The summed E-state index contributed by atoms with van der Waals surface area (Å²) in [5, 5.41) is 118. The molecule has 0 radical (unpaired) electrons. The highest BCUT2D eigenvalue weighted by Gasteiger charge is 2.75. The Morgan fingerprint density at radius 2 is 1.41 bits per heavy atom. The Bertz CT molecular complexity index is 1880. The number of fused-ring (bicyclic) bond motifs is 3. The van der Waals surface area contributed by atoms with Crippen molar-refractivity contribution in [2.45, 2.75) is 167 Å². The highest BCUT2D eigenvalue weighted by molar-refractivity contribution is 7.86. The van der Waals surface area contributed by atoms with Gasteiger partial charge < -0.3 is 98.8 Å². The number of esters is 1. The summed E-state index contributed by atoms with van der Waals surface area (Å²) in [5.41, 5.74) is -2.50. The molecule has 1 spiro atoms. The first kappa shape index (κ1) is 48.1. The molecular weight excluding hydrogens is 880 g/mol. The largest absolute Gasteiger partial charge is 0.508 e. The van der Waals surface area contributed by atoms with Crippen LogP contribution in [0.4, 0.5) is 0 Å². The maximum absolute atomic E-state index is 14.2. The molecule has 8 rings (SSSR count). The van der Waals surface area contributed by atoms with Crippen LogP contribution in [0.25, 0.3) is 0 Å². The maximum Gasteiger partial charge on any atom is 0.338 e. The molecule has 64 heavy (non-hydrogen) atoms. The Hall–Kier alpha value is -2.41. The summed E-state index contributed by atoms with van der Waals surface area (Å²) < 4.78 is 67.1. The molecule has 6 aliphatic heterocycles. The normalized spacial score (nSPS) is 51.7. The fourth-order valence-electron chi connectivity index (χ4n) is 9.76. The Balaban J connectivity index is 0.995. The van der Waals surface area contributed by atoms with Gasteiger partial charge in [0.15, 0.2) is 24.5 Å². The predicted octanol–water partition coefficient (Wildman–Crippen LogP) is -5.23. The number of rotatable bonds is 9. The number of carbonyl (C=O) groups is 2. The van der Waals surface area contributed by atoms with E-state index in [-0.39, 0.29) is 36.5 Å². The fraction of sp³-hybridized carbons (Fsp3) is 0.800. The van der Waals surface area contributed by atoms with Gasteiger partial charge in [0.1, 0.15) is 79.0 Å². The van der Waals surface area contributed by atoms with E-state index in [0.29, 0.717) is 0 Å². The number of phenols is 1. The number of aromatic hydroxyl groups is 1. The van der Waals surface area contributed by atoms with Gasteiger partial charge in [-0.1, -0.05) is 6.92 Å². The fourth-order valence-corrected chi connectivity index (χ4v) is 11.8. The molecule has 1 aromatic rings. The lowest BCUT2D eigenvalue weighted by Crippen LogP contribution is -2.66. The zero-order valence-electron chi connectivity index (χ0n) is 34.8. The van der Waals surface area contributed by atoms with Crippen LogP contribution in [-0.4, -0.2) is 224 Å². The average molecular weight is 937 g/mol. The number of aliphatic hydroxyl groups excluding tert-OH is 9. The number of hydrogen-bond acceptors (Lipinski definition) is 23. The van der Waals surface area contributed by atoms with Crippen molar-refractivity contribution in [3.63, 3.8) is 0 Å². The van der Waals surface area contributed by atoms with E-state index in [0.717, 1.165) is 0 Å². The molecule has 1 saturated carbocycles. The molecule has 7 aliphatic rings. The second-order valence-electron chi connectivity index (χ2n) is 17.8. The van der Waals surface area contributed by atoms with Crippen LogP contribution in [0.1, 0.15) is 44.0 Å². The van der Waals surface area contributed by atoms with Gasteiger partial charge in [-0.2, -0.15) is 0 Å². The van der Waals surface area contributed by atoms with Crippen LogP contribution in [0.15, 0.2) is 24.3 Å². The minimum absolute atomic E-state index is 0.0724. The predicted molar refractivity (Wildman–Crippen MR) is 207 cm³/mol. The van der Waals surface area contributed by atoms with Gasteiger partial charge >= 0.3 is 5.97 Å². The number of phenolic OH excluding ortho intramolecular Hbond substituents is 1. The molecule has 0 amide bonds. The third kappa shape index (κ3) is 8.24. The SMILES string of the molecule is C[C@@H]1CO[C@@]2(C[C@@H]1OC(=O)c1ccc(O)cc1)O[C@@H]1[C@@H]3[C@H](C[C@H](O)[C@]1(O)C2=O)[C@@H](O[C@@H]1O[C@H](C)[C@@H](O)[C@H](O)[C@H]1O[C@@H]1O[C@H](CO)[C@@H](O)[C@H](O[C@@H]2O[C@@H](C)[C@H](O)[C@@H](O)[C@H]2O)[C@H]1O)CS3=O. The summed E-state index contributed by atoms with van der Waals surface area (Å²) >= 11 is 0. The van der Waals surface area contributed by atoms with Crippen molar-refractivity contribution in [1.29, 1.82) is 0 Å². The maximum atomic E-state index is 14.2. The van der Waals surface area contributed by atoms with Crippen molar-refractivity contribution >= 4 is 22.6 Å². The second kappa shape index (κ2) is 18.2. The van der Waals surface area contributed by atoms with Crippen LogP contribution in [0.2, 0.25) is 0 Å². The molecule has 1 aromatic carbocycles. The van der Waals surface area contributed by atoms with E-state index in [4.69, 9.17) is 42.6 Å².